The molecule has 0 bridgehead atoms. The van der Waals surface area contributed by atoms with Crippen molar-refractivity contribution < 1.29 is 9.13 Å². The van der Waals surface area contributed by atoms with Crippen molar-refractivity contribution in [1.82, 2.24) is 4.98 Å². The van der Waals surface area contributed by atoms with E-state index in [0.717, 1.165) is 5.56 Å². The second kappa shape index (κ2) is 5.14. The third kappa shape index (κ3) is 2.49. The van der Waals surface area contributed by atoms with Crippen molar-refractivity contribution >= 4 is 0 Å². The van der Waals surface area contributed by atoms with Crippen molar-refractivity contribution in [2.24, 2.45) is 5.73 Å². The van der Waals surface area contributed by atoms with E-state index in [1.807, 2.05) is 6.92 Å². The van der Waals surface area contributed by atoms with Crippen LogP contribution in [0.1, 0.15) is 18.5 Å². The highest BCUT2D eigenvalue weighted by molar-refractivity contribution is 5.64. The molecule has 2 N–H and O–H groups in total. The smallest absolute Gasteiger partial charge is 0.212 e. The van der Waals surface area contributed by atoms with Gasteiger partial charge in [-0.25, -0.2) is 9.37 Å². The third-order valence-corrected chi connectivity index (χ3v) is 2.77. The molecule has 1 atom stereocenters. The molecule has 4 heteroatoms. The standard InChI is InChI=1S/C14H15FN2O/c1-9(16)10-3-5-13(15)12(7-10)11-4-6-14(18-2)17-8-11/h3-9H,16H2,1-2H3. The fourth-order valence-electron chi connectivity index (χ4n) is 1.71. The van der Waals surface area contributed by atoms with Gasteiger partial charge in [0.1, 0.15) is 5.82 Å². The summed E-state index contributed by atoms with van der Waals surface area (Å²) in [6.45, 7) is 1.86. The molecule has 1 heterocycles. The normalized spacial score (nSPS) is 12.2. The highest BCUT2D eigenvalue weighted by atomic mass is 19.1. The lowest BCUT2D eigenvalue weighted by Gasteiger charge is -2.09. The molecule has 0 radical (unpaired) electrons. The molecule has 18 heavy (non-hydrogen) atoms. The van der Waals surface area contributed by atoms with Crippen LogP contribution in [0.25, 0.3) is 11.1 Å². The minimum Gasteiger partial charge on any atom is -0.481 e. The van der Waals surface area contributed by atoms with Crippen LogP contribution in [0.4, 0.5) is 4.39 Å². The Bertz CT molecular complexity index is 538. The topological polar surface area (TPSA) is 48.1 Å². The maximum atomic E-state index is 13.8. The lowest BCUT2D eigenvalue weighted by atomic mass is 10.0. The number of methoxy groups -OCH3 is 1. The van der Waals surface area contributed by atoms with E-state index < -0.39 is 0 Å². The molecule has 0 aliphatic rings. The van der Waals surface area contributed by atoms with Crippen LogP contribution in [0.15, 0.2) is 36.5 Å². The lowest BCUT2D eigenvalue weighted by molar-refractivity contribution is 0.398. The van der Waals surface area contributed by atoms with Crippen LogP contribution in [0, 0.1) is 5.82 Å². The summed E-state index contributed by atoms with van der Waals surface area (Å²) in [5, 5.41) is 0. The fourth-order valence-corrected chi connectivity index (χ4v) is 1.71. The number of ether oxygens (including phenoxy) is 1. The molecule has 0 saturated heterocycles. The Labute approximate surface area is 105 Å². The van der Waals surface area contributed by atoms with Gasteiger partial charge in [-0.3, -0.25) is 0 Å². The monoisotopic (exact) mass is 246 g/mol. The van der Waals surface area contributed by atoms with Crippen molar-refractivity contribution in [3.05, 3.63) is 47.9 Å². The van der Waals surface area contributed by atoms with Gasteiger partial charge in [0, 0.05) is 29.4 Å². The molecule has 1 aromatic carbocycles. The van der Waals surface area contributed by atoms with Crippen molar-refractivity contribution in [3.63, 3.8) is 0 Å². The van der Waals surface area contributed by atoms with E-state index in [1.54, 1.807) is 37.6 Å². The molecule has 2 aromatic rings. The van der Waals surface area contributed by atoms with Gasteiger partial charge in [0.2, 0.25) is 5.88 Å². The van der Waals surface area contributed by atoms with Gasteiger partial charge in [-0.1, -0.05) is 6.07 Å². The molecule has 3 nitrogen and oxygen atoms in total. The van der Waals surface area contributed by atoms with Crippen LogP contribution in [-0.2, 0) is 0 Å². The van der Waals surface area contributed by atoms with E-state index in [4.69, 9.17) is 10.5 Å². The SMILES string of the molecule is COc1ccc(-c2cc(C(C)N)ccc2F)cn1. The number of hydrogen-bond donors (Lipinski definition) is 1. The number of aromatic nitrogens is 1. The van der Waals surface area contributed by atoms with Crippen LogP contribution in [0.2, 0.25) is 0 Å². The highest BCUT2D eigenvalue weighted by Crippen LogP contribution is 2.26. The minimum absolute atomic E-state index is 0.129. The fraction of sp³-hybridized carbons (Fsp3) is 0.214. The van der Waals surface area contributed by atoms with Gasteiger partial charge >= 0.3 is 0 Å². The Kier molecular flexibility index (Phi) is 3.58. The largest absolute Gasteiger partial charge is 0.481 e. The summed E-state index contributed by atoms with van der Waals surface area (Å²) < 4.78 is 18.8. The number of hydrogen-bond acceptors (Lipinski definition) is 3. The van der Waals surface area contributed by atoms with Crippen LogP contribution in [0.5, 0.6) is 5.88 Å². The summed E-state index contributed by atoms with van der Waals surface area (Å²) in [6, 6.07) is 8.22. The molecular weight excluding hydrogens is 231 g/mol. The Morgan fingerprint density at radius 1 is 1.28 bits per heavy atom. The molecule has 94 valence electrons. The predicted molar refractivity (Wildman–Crippen MR) is 68.8 cm³/mol. The quantitative estimate of drug-likeness (QED) is 0.905. The maximum absolute atomic E-state index is 13.8. The zero-order chi connectivity index (χ0) is 13.1. The van der Waals surface area contributed by atoms with E-state index in [9.17, 15) is 4.39 Å². The van der Waals surface area contributed by atoms with E-state index in [-0.39, 0.29) is 11.9 Å². The summed E-state index contributed by atoms with van der Waals surface area (Å²) in [5.41, 5.74) is 7.89. The molecule has 0 aliphatic carbocycles. The molecule has 2 rings (SSSR count). The predicted octanol–water partition coefficient (Wildman–Crippen LogP) is 2.92. The highest BCUT2D eigenvalue weighted by Gasteiger charge is 2.09. The van der Waals surface area contributed by atoms with Gasteiger partial charge in [-0.05, 0) is 30.7 Å². The van der Waals surface area contributed by atoms with Gasteiger partial charge in [0.25, 0.3) is 0 Å². The van der Waals surface area contributed by atoms with E-state index in [2.05, 4.69) is 4.98 Å². The van der Waals surface area contributed by atoms with Gasteiger partial charge < -0.3 is 10.5 Å². The van der Waals surface area contributed by atoms with Gasteiger partial charge in [0.05, 0.1) is 7.11 Å². The summed E-state index contributed by atoms with van der Waals surface area (Å²) in [7, 11) is 1.54. The average molecular weight is 246 g/mol. The number of nitrogens with zero attached hydrogens (tertiary/aromatic N) is 1. The van der Waals surface area contributed by atoms with Gasteiger partial charge in [-0.2, -0.15) is 0 Å². The second-order valence-corrected chi connectivity index (χ2v) is 4.12. The number of rotatable bonds is 3. The number of pyridine rings is 1. The molecule has 1 unspecified atom stereocenters. The Balaban J connectivity index is 2.45. The zero-order valence-corrected chi connectivity index (χ0v) is 10.4. The second-order valence-electron chi connectivity index (χ2n) is 4.12. The van der Waals surface area contributed by atoms with Crippen LogP contribution >= 0.6 is 0 Å². The van der Waals surface area contributed by atoms with E-state index >= 15 is 0 Å². The summed E-state index contributed by atoms with van der Waals surface area (Å²) in [5.74, 6) is 0.217. The summed E-state index contributed by atoms with van der Waals surface area (Å²) in [6.07, 6.45) is 1.59. The Morgan fingerprint density at radius 2 is 2.06 bits per heavy atom. The Hall–Kier alpha value is -1.94. The molecule has 0 aliphatic heterocycles. The molecule has 0 spiro atoms. The van der Waals surface area contributed by atoms with Crippen LogP contribution in [-0.4, -0.2) is 12.1 Å². The van der Waals surface area contributed by atoms with E-state index in [1.165, 1.54) is 6.07 Å². The van der Waals surface area contributed by atoms with Gasteiger partial charge in [-0.15, -0.1) is 0 Å². The summed E-state index contributed by atoms with van der Waals surface area (Å²) in [4.78, 5) is 4.07. The number of halogens is 1. The Morgan fingerprint density at radius 3 is 2.61 bits per heavy atom. The maximum Gasteiger partial charge on any atom is 0.212 e. The van der Waals surface area contributed by atoms with Crippen molar-refractivity contribution in [1.29, 1.82) is 0 Å². The molecular formula is C14H15FN2O. The first kappa shape index (κ1) is 12.5. The first-order valence-corrected chi connectivity index (χ1v) is 5.67. The van der Waals surface area contributed by atoms with Gasteiger partial charge in [0.15, 0.2) is 0 Å². The third-order valence-electron chi connectivity index (χ3n) is 2.77. The molecule has 0 saturated carbocycles. The molecule has 0 amide bonds. The minimum atomic E-state index is -0.286. The zero-order valence-electron chi connectivity index (χ0n) is 10.4. The number of benzene rings is 1. The van der Waals surface area contributed by atoms with E-state index in [0.29, 0.717) is 17.0 Å². The van der Waals surface area contributed by atoms with Crippen molar-refractivity contribution in [2.75, 3.05) is 7.11 Å². The first-order chi connectivity index (χ1) is 8.61. The average Bonchev–Trinajstić information content (AvgIpc) is 2.39. The number of nitrogens with two attached hydrogens (primary N) is 1. The lowest BCUT2D eigenvalue weighted by Crippen LogP contribution is -2.05. The van der Waals surface area contributed by atoms with Crippen LogP contribution in [0.3, 0.4) is 0 Å². The summed E-state index contributed by atoms with van der Waals surface area (Å²) >= 11 is 0. The first-order valence-electron chi connectivity index (χ1n) is 5.67. The van der Waals surface area contributed by atoms with Crippen molar-refractivity contribution in [3.8, 4) is 17.0 Å². The van der Waals surface area contributed by atoms with Crippen molar-refractivity contribution in [2.45, 2.75) is 13.0 Å². The molecule has 0 fully saturated rings. The van der Waals surface area contributed by atoms with Crippen LogP contribution < -0.4 is 10.5 Å². The molecule has 1 aromatic heterocycles.